The van der Waals surface area contributed by atoms with Gasteiger partial charge in [-0.2, -0.15) is 0 Å². The van der Waals surface area contributed by atoms with Crippen molar-refractivity contribution >= 4 is 26.8 Å². The van der Waals surface area contributed by atoms with Crippen LogP contribution >= 0.6 is 15.9 Å². The molecule has 0 aliphatic carbocycles. The summed E-state index contributed by atoms with van der Waals surface area (Å²) in [6, 6.07) is 16.4. The highest BCUT2D eigenvalue weighted by atomic mass is 79.9. The first-order valence-electron chi connectivity index (χ1n) is 9.88. The number of ether oxygens (including phenoxy) is 2. The predicted octanol–water partition coefficient (Wildman–Crippen LogP) is 5.25. The SMILES string of the molecule is COc1cc(CNCCc2c[nH]c3ccccc23)cc(Br)c1OCc1cccnc1. The van der Waals surface area contributed by atoms with Crippen molar-refractivity contribution < 1.29 is 9.47 Å². The standard InChI is InChI=1S/C24H24BrN3O2/c1-29-23-12-18(11-21(25)24(23)30-16-17-5-4-9-26-13-17)14-27-10-8-19-15-28-22-7-3-2-6-20(19)22/h2-7,9,11-13,15,27-28H,8,10,14,16H2,1H3. The quantitative estimate of drug-likeness (QED) is 0.331. The van der Waals surface area contributed by atoms with Crippen molar-refractivity contribution in [3.05, 3.63) is 88.3 Å². The molecule has 2 aromatic heterocycles. The average molecular weight is 466 g/mol. The van der Waals surface area contributed by atoms with E-state index in [0.29, 0.717) is 18.1 Å². The molecule has 4 rings (SSSR count). The summed E-state index contributed by atoms with van der Waals surface area (Å²) >= 11 is 3.63. The number of hydrogen-bond donors (Lipinski definition) is 2. The number of aromatic amines is 1. The number of para-hydroxylation sites is 1. The van der Waals surface area contributed by atoms with E-state index in [1.807, 2.05) is 18.2 Å². The normalized spacial score (nSPS) is 11.0. The molecule has 0 aliphatic rings. The van der Waals surface area contributed by atoms with E-state index in [4.69, 9.17) is 9.47 Å². The van der Waals surface area contributed by atoms with Gasteiger partial charge in [0.05, 0.1) is 11.6 Å². The van der Waals surface area contributed by atoms with Crippen LogP contribution in [0.3, 0.4) is 0 Å². The number of pyridine rings is 1. The van der Waals surface area contributed by atoms with Crippen LogP contribution in [-0.4, -0.2) is 23.6 Å². The molecule has 0 spiro atoms. The van der Waals surface area contributed by atoms with E-state index in [2.05, 4.69) is 67.7 Å². The Balaban J connectivity index is 1.35. The van der Waals surface area contributed by atoms with Gasteiger partial charge in [-0.25, -0.2) is 0 Å². The lowest BCUT2D eigenvalue weighted by atomic mass is 10.1. The molecule has 0 atom stereocenters. The first-order chi connectivity index (χ1) is 14.7. The number of fused-ring (bicyclic) bond motifs is 1. The van der Waals surface area contributed by atoms with Crippen LogP contribution in [0.25, 0.3) is 10.9 Å². The third-order valence-corrected chi connectivity index (χ3v) is 5.56. The van der Waals surface area contributed by atoms with Crippen molar-refractivity contribution in [3.63, 3.8) is 0 Å². The Kier molecular flexibility index (Phi) is 6.67. The molecule has 2 aromatic carbocycles. The summed E-state index contributed by atoms with van der Waals surface area (Å²) in [5.41, 5.74) is 4.65. The third-order valence-electron chi connectivity index (χ3n) is 4.97. The van der Waals surface area contributed by atoms with Crippen molar-refractivity contribution in [2.24, 2.45) is 0 Å². The van der Waals surface area contributed by atoms with Gasteiger partial charge in [-0.05, 0) is 64.3 Å². The van der Waals surface area contributed by atoms with Gasteiger partial charge in [0, 0.05) is 41.6 Å². The summed E-state index contributed by atoms with van der Waals surface area (Å²) in [7, 11) is 1.66. The lowest BCUT2D eigenvalue weighted by Crippen LogP contribution is -2.16. The zero-order valence-electron chi connectivity index (χ0n) is 16.8. The molecule has 2 N–H and O–H groups in total. The Morgan fingerprint density at radius 1 is 1.10 bits per heavy atom. The van der Waals surface area contributed by atoms with Crippen LogP contribution in [0.1, 0.15) is 16.7 Å². The molecular formula is C24H24BrN3O2. The minimum atomic E-state index is 0.436. The lowest BCUT2D eigenvalue weighted by molar-refractivity contribution is 0.282. The van der Waals surface area contributed by atoms with Crippen LogP contribution in [0.15, 0.2) is 71.6 Å². The predicted molar refractivity (Wildman–Crippen MR) is 123 cm³/mol. The molecule has 0 radical (unpaired) electrons. The zero-order chi connectivity index (χ0) is 20.8. The van der Waals surface area contributed by atoms with Gasteiger partial charge in [0.2, 0.25) is 0 Å². The van der Waals surface area contributed by atoms with E-state index in [1.165, 1.54) is 16.5 Å². The van der Waals surface area contributed by atoms with Crippen LogP contribution in [0.4, 0.5) is 0 Å². The summed E-state index contributed by atoms with van der Waals surface area (Å²) in [4.78, 5) is 7.45. The van der Waals surface area contributed by atoms with Crippen molar-refractivity contribution in [2.75, 3.05) is 13.7 Å². The fourth-order valence-corrected chi connectivity index (χ4v) is 4.05. The minimum Gasteiger partial charge on any atom is -0.493 e. The fraction of sp³-hybridized carbons (Fsp3) is 0.208. The van der Waals surface area contributed by atoms with Gasteiger partial charge in [0.1, 0.15) is 6.61 Å². The van der Waals surface area contributed by atoms with Crippen LogP contribution in [-0.2, 0) is 19.6 Å². The Labute approximate surface area is 184 Å². The van der Waals surface area contributed by atoms with E-state index >= 15 is 0 Å². The molecule has 4 aromatic rings. The second-order valence-corrected chi connectivity index (χ2v) is 7.90. The number of nitrogens with zero attached hydrogens (tertiary/aromatic N) is 1. The first kappa shape index (κ1) is 20.4. The van der Waals surface area contributed by atoms with Crippen LogP contribution in [0.5, 0.6) is 11.5 Å². The van der Waals surface area contributed by atoms with Crippen molar-refractivity contribution in [2.45, 2.75) is 19.6 Å². The van der Waals surface area contributed by atoms with Gasteiger partial charge < -0.3 is 19.8 Å². The number of rotatable bonds is 9. The van der Waals surface area contributed by atoms with E-state index in [1.54, 1.807) is 19.5 Å². The summed E-state index contributed by atoms with van der Waals surface area (Å²) in [6.07, 6.45) is 6.61. The van der Waals surface area contributed by atoms with E-state index in [9.17, 15) is 0 Å². The van der Waals surface area contributed by atoms with Gasteiger partial charge in [0.25, 0.3) is 0 Å². The maximum absolute atomic E-state index is 5.98. The number of halogens is 1. The van der Waals surface area contributed by atoms with Crippen LogP contribution < -0.4 is 14.8 Å². The number of benzene rings is 2. The highest BCUT2D eigenvalue weighted by molar-refractivity contribution is 9.10. The zero-order valence-corrected chi connectivity index (χ0v) is 18.4. The van der Waals surface area contributed by atoms with E-state index < -0.39 is 0 Å². The molecule has 0 amide bonds. The number of nitrogens with one attached hydrogen (secondary N) is 2. The maximum Gasteiger partial charge on any atom is 0.175 e. The van der Waals surface area contributed by atoms with Gasteiger partial charge in [-0.1, -0.05) is 24.3 Å². The van der Waals surface area contributed by atoms with Gasteiger partial charge >= 0.3 is 0 Å². The lowest BCUT2D eigenvalue weighted by Gasteiger charge is -2.15. The summed E-state index contributed by atoms with van der Waals surface area (Å²) < 4.78 is 12.4. The van der Waals surface area contributed by atoms with Crippen molar-refractivity contribution in [1.82, 2.24) is 15.3 Å². The molecule has 2 heterocycles. The molecule has 0 saturated carbocycles. The van der Waals surface area contributed by atoms with Crippen LogP contribution in [0, 0.1) is 0 Å². The molecule has 5 nitrogen and oxygen atoms in total. The average Bonchev–Trinajstić information content (AvgIpc) is 3.19. The molecule has 0 saturated heterocycles. The van der Waals surface area contributed by atoms with Gasteiger partial charge in [-0.15, -0.1) is 0 Å². The number of hydrogen-bond acceptors (Lipinski definition) is 4. The number of aromatic nitrogens is 2. The Morgan fingerprint density at radius 3 is 2.83 bits per heavy atom. The molecule has 0 aliphatic heterocycles. The Bertz CT molecular complexity index is 1110. The number of methoxy groups -OCH3 is 1. The topological polar surface area (TPSA) is 59.2 Å². The second kappa shape index (κ2) is 9.78. The Morgan fingerprint density at radius 2 is 2.00 bits per heavy atom. The molecular weight excluding hydrogens is 442 g/mol. The van der Waals surface area contributed by atoms with E-state index in [-0.39, 0.29) is 0 Å². The van der Waals surface area contributed by atoms with Crippen molar-refractivity contribution in [3.8, 4) is 11.5 Å². The molecule has 0 unspecified atom stereocenters. The first-order valence-corrected chi connectivity index (χ1v) is 10.7. The number of H-pyrrole nitrogens is 1. The van der Waals surface area contributed by atoms with Crippen LogP contribution in [0.2, 0.25) is 0 Å². The minimum absolute atomic E-state index is 0.436. The molecule has 154 valence electrons. The highest BCUT2D eigenvalue weighted by Gasteiger charge is 2.12. The molecule has 30 heavy (non-hydrogen) atoms. The summed E-state index contributed by atoms with van der Waals surface area (Å²) in [6.45, 7) is 2.08. The smallest absolute Gasteiger partial charge is 0.175 e. The maximum atomic E-state index is 5.98. The monoisotopic (exact) mass is 465 g/mol. The largest absolute Gasteiger partial charge is 0.493 e. The fourth-order valence-electron chi connectivity index (χ4n) is 3.45. The summed E-state index contributed by atoms with van der Waals surface area (Å²) in [5.74, 6) is 1.41. The second-order valence-electron chi connectivity index (χ2n) is 7.05. The molecule has 0 bridgehead atoms. The van der Waals surface area contributed by atoms with Gasteiger partial charge in [-0.3, -0.25) is 4.98 Å². The van der Waals surface area contributed by atoms with Gasteiger partial charge in [0.15, 0.2) is 11.5 Å². The van der Waals surface area contributed by atoms with Crippen molar-refractivity contribution in [1.29, 1.82) is 0 Å². The highest BCUT2D eigenvalue weighted by Crippen LogP contribution is 2.37. The van der Waals surface area contributed by atoms with E-state index in [0.717, 1.165) is 35.1 Å². The molecule has 0 fully saturated rings. The third kappa shape index (κ3) is 4.83. The Hall–Kier alpha value is -2.83. The molecule has 6 heteroatoms. The summed E-state index contributed by atoms with van der Waals surface area (Å²) in [5, 5.41) is 4.81.